The summed E-state index contributed by atoms with van der Waals surface area (Å²) in [7, 11) is 0. The maximum absolute atomic E-state index is 6.16. The molecule has 0 aliphatic carbocycles. The van der Waals surface area contributed by atoms with Crippen LogP contribution < -0.4 is 0 Å². The fourth-order valence-corrected chi connectivity index (χ4v) is 3.59. The predicted molar refractivity (Wildman–Crippen MR) is 69.8 cm³/mol. The second kappa shape index (κ2) is 3.44. The topological polar surface area (TPSA) is 12.9 Å². The summed E-state index contributed by atoms with van der Waals surface area (Å²) in [5.74, 6) is 0. The van der Waals surface area contributed by atoms with Gasteiger partial charge in [-0.1, -0.05) is 23.7 Å². The summed E-state index contributed by atoms with van der Waals surface area (Å²) in [6.45, 7) is 0. The van der Waals surface area contributed by atoms with Gasteiger partial charge in [0.2, 0.25) is 0 Å². The Morgan fingerprint density at radius 1 is 1.13 bits per heavy atom. The smallest absolute Gasteiger partial charge is 0.0584 e. The van der Waals surface area contributed by atoms with Crippen LogP contribution in [0.1, 0.15) is 0 Å². The van der Waals surface area contributed by atoms with Crippen LogP contribution in [0.3, 0.4) is 0 Å². The van der Waals surface area contributed by atoms with Gasteiger partial charge >= 0.3 is 0 Å². The van der Waals surface area contributed by atoms with Crippen molar-refractivity contribution >= 4 is 59.0 Å². The first-order valence-corrected chi connectivity index (χ1v) is 6.36. The van der Waals surface area contributed by atoms with Crippen molar-refractivity contribution in [3.05, 3.63) is 40.1 Å². The summed E-state index contributed by atoms with van der Waals surface area (Å²) in [4.78, 5) is 4.18. The zero-order valence-corrected chi connectivity index (χ0v) is 10.7. The van der Waals surface area contributed by atoms with Gasteiger partial charge in [0.05, 0.1) is 18.9 Å². The van der Waals surface area contributed by atoms with Crippen LogP contribution in [0.15, 0.2) is 35.1 Å². The molecule has 0 bridgehead atoms. The highest BCUT2D eigenvalue weighted by Crippen LogP contribution is 2.40. The van der Waals surface area contributed by atoms with Crippen LogP contribution in [0.25, 0.3) is 20.2 Å². The van der Waals surface area contributed by atoms with Gasteiger partial charge in [0.25, 0.3) is 0 Å². The third kappa shape index (κ3) is 1.38. The third-order valence-electron chi connectivity index (χ3n) is 2.31. The van der Waals surface area contributed by atoms with Crippen LogP contribution in [0.4, 0.5) is 0 Å². The number of hydrogen-bond donors (Lipinski definition) is 0. The predicted octanol–water partition coefficient (Wildman–Crippen LogP) is 4.87. The largest absolute Gasteiger partial charge is 0.263 e. The Balaban J connectivity index is 2.63. The Labute approximate surface area is 104 Å². The molecule has 3 rings (SSSR count). The molecule has 0 aliphatic heterocycles. The number of aromatic nitrogens is 1. The van der Waals surface area contributed by atoms with Gasteiger partial charge in [0, 0.05) is 23.2 Å². The van der Waals surface area contributed by atoms with Crippen molar-refractivity contribution in [1.82, 2.24) is 4.98 Å². The van der Waals surface area contributed by atoms with Crippen molar-refractivity contribution in [1.29, 1.82) is 0 Å². The van der Waals surface area contributed by atoms with E-state index in [-0.39, 0.29) is 0 Å². The molecule has 3 aromatic rings. The van der Waals surface area contributed by atoms with Gasteiger partial charge in [-0.25, -0.2) is 0 Å². The highest BCUT2D eigenvalue weighted by atomic mass is 79.9. The molecule has 2 aromatic heterocycles. The average molecular weight is 299 g/mol. The van der Waals surface area contributed by atoms with E-state index in [1.165, 1.54) is 10.1 Å². The number of fused-ring (bicyclic) bond motifs is 3. The maximum Gasteiger partial charge on any atom is 0.0584 e. The van der Waals surface area contributed by atoms with Crippen LogP contribution in [0.5, 0.6) is 0 Å². The Kier molecular flexibility index (Phi) is 2.20. The molecule has 4 heteroatoms. The van der Waals surface area contributed by atoms with E-state index in [4.69, 9.17) is 11.6 Å². The van der Waals surface area contributed by atoms with Crippen molar-refractivity contribution in [2.75, 3.05) is 0 Å². The zero-order chi connectivity index (χ0) is 10.4. The van der Waals surface area contributed by atoms with E-state index in [1.807, 2.05) is 24.5 Å². The Morgan fingerprint density at radius 3 is 2.87 bits per heavy atom. The zero-order valence-electron chi connectivity index (χ0n) is 7.50. The molecule has 1 aromatic carbocycles. The van der Waals surface area contributed by atoms with Gasteiger partial charge < -0.3 is 0 Å². The van der Waals surface area contributed by atoms with Gasteiger partial charge in [-0.15, -0.1) is 11.3 Å². The monoisotopic (exact) mass is 297 g/mol. The molecule has 0 saturated heterocycles. The summed E-state index contributed by atoms with van der Waals surface area (Å²) in [6.07, 6.45) is 3.70. The summed E-state index contributed by atoms with van der Waals surface area (Å²) in [5, 5.41) is 3.14. The molecule has 74 valence electrons. The lowest BCUT2D eigenvalue weighted by atomic mass is 10.2. The minimum absolute atomic E-state index is 0.806. The lowest BCUT2D eigenvalue weighted by Crippen LogP contribution is -1.71. The number of benzene rings is 1. The number of nitrogens with zero attached hydrogens (tertiary/aromatic N) is 1. The highest BCUT2D eigenvalue weighted by molar-refractivity contribution is 9.10. The van der Waals surface area contributed by atoms with Crippen molar-refractivity contribution in [3.8, 4) is 0 Å². The highest BCUT2D eigenvalue weighted by Gasteiger charge is 2.09. The minimum Gasteiger partial charge on any atom is -0.263 e. The number of rotatable bonds is 0. The van der Waals surface area contributed by atoms with Gasteiger partial charge in [0.1, 0.15) is 0 Å². The molecule has 0 radical (unpaired) electrons. The summed E-state index contributed by atoms with van der Waals surface area (Å²) >= 11 is 11.4. The van der Waals surface area contributed by atoms with Crippen LogP contribution in [-0.4, -0.2) is 4.98 Å². The average Bonchev–Trinajstić information content (AvgIpc) is 2.60. The maximum atomic E-state index is 6.16. The number of halogens is 2. The van der Waals surface area contributed by atoms with Crippen molar-refractivity contribution in [2.24, 2.45) is 0 Å². The molecule has 0 N–H and O–H groups in total. The molecular weight excluding hydrogens is 294 g/mol. The number of thiophene rings is 1. The SMILES string of the molecule is Clc1cccc2c1sc1c(Br)cncc12. The Hall–Kier alpha value is -0.640. The molecule has 0 saturated carbocycles. The summed E-state index contributed by atoms with van der Waals surface area (Å²) in [5.41, 5.74) is 0. The fourth-order valence-electron chi connectivity index (χ4n) is 1.65. The molecule has 2 heterocycles. The Morgan fingerprint density at radius 2 is 2.00 bits per heavy atom. The third-order valence-corrected chi connectivity index (χ3v) is 4.89. The number of pyridine rings is 1. The van der Waals surface area contributed by atoms with E-state index in [1.54, 1.807) is 11.3 Å². The lowest BCUT2D eigenvalue weighted by Gasteiger charge is -1.92. The second-order valence-corrected chi connectivity index (χ2v) is 5.50. The van der Waals surface area contributed by atoms with E-state index in [2.05, 4.69) is 27.0 Å². The molecule has 0 fully saturated rings. The molecule has 0 atom stereocenters. The van der Waals surface area contributed by atoms with Crippen molar-refractivity contribution in [3.63, 3.8) is 0 Å². The molecule has 0 aliphatic rings. The van der Waals surface area contributed by atoms with Gasteiger partial charge in [-0.2, -0.15) is 0 Å². The minimum atomic E-state index is 0.806. The molecule has 0 amide bonds. The van der Waals surface area contributed by atoms with Crippen molar-refractivity contribution < 1.29 is 0 Å². The Bertz CT molecular complexity index is 606. The number of hydrogen-bond acceptors (Lipinski definition) is 2. The lowest BCUT2D eigenvalue weighted by molar-refractivity contribution is 1.36. The first-order valence-electron chi connectivity index (χ1n) is 4.37. The van der Waals surface area contributed by atoms with E-state index >= 15 is 0 Å². The van der Waals surface area contributed by atoms with Crippen molar-refractivity contribution in [2.45, 2.75) is 0 Å². The van der Waals surface area contributed by atoms with Crippen LogP contribution >= 0.6 is 38.9 Å². The first kappa shape index (κ1) is 9.58. The molecule has 15 heavy (non-hydrogen) atoms. The van der Waals surface area contributed by atoms with Crippen LogP contribution in [-0.2, 0) is 0 Å². The molecule has 1 nitrogen and oxygen atoms in total. The second-order valence-electron chi connectivity index (χ2n) is 3.22. The van der Waals surface area contributed by atoms with E-state index in [0.29, 0.717) is 0 Å². The summed E-state index contributed by atoms with van der Waals surface area (Å²) in [6, 6.07) is 5.96. The van der Waals surface area contributed by atoms with Gasteiger partial charge in [-0.3, -0.25) is 4.98 Å². The van der Waals surface area contributed by atoms with E-state index in [0.717, 1.165) is 19.6 Å². The van der Waals surface area contributed by atoms with Gasteiger partial charge in [-0.05, 0) is 22.0 Å². The van der Waals surface area contributed by atoms with Crippen LogP contribution in [0.2, 0.25) is 5.02 Å². The fraction of sp³-hybridized carbons (Fsp3) is 0. The molecule has 0 unspecified atom stereocenters. The van der Waals surface area contributed by atoms with E-state index < -0.39 is 0 Å². The molecular formula is C11H5BrClNS. The summed E-state index contributed by atoms with van der Waals surface area (Å²) < 4.78 is 3.35. The molecule has 0 spiro atoms. The first-order chi connectivity index (χ1) is 7.27. The quantitative estimate of drug-likeness (QED) is 0.577. The van der Waals surface area contributed by atoms with E-state index in [9.17, 15) is 0 Å². The standard InChI is InChI=1S/C11H5BrClNS/c12-8-5-14-4-7-6-2-1-3-9(13)11(6)15-10(7)8/h1-5H. The van der Waals surface area contributed by atoms with Crippen LogP contribution in [0, 0.1) is 0 Å². The van der Waals surface area contributed by atoms with Gasteiger partial charge in [0.15, 0.2) is 0 Å². The normalized spacial score (nSPS) is 11.3.